The van der Waals surface area contributed by atoms with E-state index >= 15 is 0 Å². The van der Waals surface area contributed by atoms with E-state index in [0.717, 1.165) is 31.3 Å². The monoisotopic (exact) mass is 390 g/mol. The molecule has 27 heavy (non-hydrogen) atoms. The number of nitrogens with one attached hydrogen (secondary N) is 2. The third-order valence-corrected chi connectivity index (χ3v) is 5.39. The normalized spacial score (nSPS) is 21.1. The van der Waals surface area contributed by atoms with Gasteiger partial charge in [0.15, 0.2) is 5.11 Å². The lowest BCUT2D eigenvalue weighted by molar-refractivity contribution is 0.481. The molecule has 1 aromatic rings. The maximum absolute atomic E-state index is 5.48. The number of hydrogen-bond acceptors (Lipinski definition) is 5. The van der Waals surface area contributed by atoms with E-state index in [-0.39, 0.29) is 5.54 Å². The van der Waals surface area contributed by atoms with Crippen LogP contribution in [-0.4, -0.2) is 46.3 Å². The van der Waals surface area contributed by atoms with Gasteiger partial charge in [0.2, 0.25) is 5.95 Å². The van der Waals surface area contributed by atoms with Crippen LogP contribution in [0.5, 0.6) is 0 Å². The molecule has 2 aliphatic rings. The van der Waals surface area contributed by atoms with E-state index in [2.05, 4.69) is 54.2 Å². The standard InChI is InChI=1S/C20H34N6S/c1-15-10-6-9-13-26(15)17-14-16(25-11-7-5-8-12-25)21-18(22-17)23-19(27)24-20(2,3)4/h14-15H,5-13H2,1-4H3,(H2,21,22,23,24,27)/t15-/m1/s1. The Bertz CT molecular complexity index is 650. The molecule has 0 saturated carbocycles. The molecule has 2 saturated heterocycles. The van der Waals surface area contributed by atoms with Crippen LogP contribution < -0.4 is 20.4 Å². The summed E-state index contributed by atoms with van der Waals surface area (Å²) in [4.78, 5) is 14.4. The van der Waals surface area contributed by atoms with E-state index in [9.17, 15) is 0 Å². The summed E-state index contributed by atoms with van der Waals surface area (Å²) in [5, 5.41) is 7.07. The zero-order chi connectivity index (χ0) is 19.4. The molecule has 2 aliphatic heterocycles. The first kappa shape index (κ1) is 20.1. The van der Waals surface area contributed by atoms with Crippen LogP contribution in [0.1, 0.15) is 66.2 Å². The quantitative estimate of drug-likeness (QED) is 0.758. The highest BCUT2D eigenvalue weighted by molar-refractivity contribution is 7.80. The lowest BCUT2D eigenvalue weighted by Crippen LogP contribution is -2.43. The van der Waals surface area contributed by atoms with Crippen LogP contribution >= 0.6 is 12.2 Å². The number of rotatable bonds is 3. The van der Waals surface area contributed by atoms with Crippen LogP contribution in [0.2, 0.25) is 0 Å². The summed E-state index contributed by atoms with van der Waals surface area (Å²) in [6.45, 7) is 11.8. The van der Waals surface area contributed by atoms with Gasteiger partial charge in [-0.25, -0.2) is 0 Å². The van der Waals surface area contributed by atoms with Crippen molar-refractivity contribution in [3.8, 4) is 0 Å². The average molecular weight is 391 g/mol. The van der Waals surface area contributed by atoms with Crippen molar-refractivity contribution in [2.45, 2.75) is 77.8 Å². The third-order valence-electron chi connectivity index (χ3n) is 5.19. The Morgan fingerprint density at radius 3 is 2.37 bits per heavy atom. The summed E-state index contributed by atoms with van der Waals surface area (Å²) in [6, 6.07) is 2.67. The minimum absolute atomic E-state index is 0.0984. The maximum atomic E-state index is 5.48. The van der Waals surface area contributed by atoms with Crippen LogP contribution in [0.15, 0.2) is 6.07 Å². The van der Waals surface area contributed by atoms with Crippen LogP contribution in [0.25, 0.3) is 0 Å². The van der Waals surface area contributed by atoms with E-state index in [1.807, 2.05) is 0 Å². The van der Waals surface area contributed by atoms with Crippen molar-refractivity contribution in [3.63, 3.8) is 0 Å². The zero-order valence-corrected chi connectivity index (χ0v) is 18.0. The molecule has 0 aliphatic carbocycles. The maximum Gasteiger partial charge on any atom is 0.232 e. The van der Waals surface area contributed by atoms with Crippen LogP contribution in [0.3, 0.4) is 0 Å². The van der Waals surface area contributed by atoms with Crippen molar-refractivity contribution < 1.29 is 0 Å². The fourth-order valence-electron chi connectivity index (χ4n) is 3.82. The third kappa shape index (κ3) is 5.67. The number of piperidine rings is 2. The first-order valence-corrected chi connectivity index (χ1v) is 10.7. The van der Waals surface area contributed by atoms with Crippen molar-refractivity contribution in [1.29, 1.82) is 0 Å². The fraction of sp³-hybridized carbons (Fsp3) is 0.750. The highest BCUT2D eigenvalue weighted by Crippen LogP contribution is 2.28. The van der Waals surface area contributed by atoms with E-state index in [1.54, 1.807) is 0 Å². The molecule has 7 heteroatoms. The molecule has 3 heterocycles. The van der Waals surface area contributed by atoms with Gasteiger partial charge in [-0.1, -0.05) is 0 Å². The molecule has 0 bridgehead atoms. The number of nitrogens with zero attached hydrogens (tertiary/aromatic N) is 4. The van der Waals surface area contributed by atoms with Crippen molar-refractivity contribution in [1.82, 2.24) is 15.3 Å². The molecule has 0 unspecified atom stereocenters. The minimum Gasteiger partial charge on any atom is -0.358 e. The molecule has 2 N–H and O–H groups in total. The summed E-state index contributed by atoms with van der Waals surface area (Å²) in [7, 11) is 0. The van der Waals surface area contributed by atoms with Gasteiger partial charge in [-0.15, -0.1) is 0 Å². The topological polar surface area (TPSA) is 56.3 Å². The molecular weight excluding hydrogens is 356 g/mol. The van der Waals surface area contributed by atoms with Gasteiger partial charge < -0.3 is 20.4 Å². The predicted octanol–water partition coefficient (Wildman–Crippen LogP) is 3.93. The number of aromatic nitrogens is 2. The average Bonchev–Trinajstić information content (AvgIpc) is 2.61. The Morgan fingerprint density at radius 2 is 1.70 bits per heavy atom. The Balaban J connectivity index is 1.86. The largest absolute Gasteiger partial charge is 0.358 e. The summed E-state index contributed by atoms with van der Waals surface area (Å²) in [5.74, 6) is 2.62. The highest BCUT2D eigenvalue weighted by atomic mass is 32.1. The Hall–Kier alpha value is -1.63. The molecule has 3 rings (SSSR count). The second kappa shape index (κ2) is 8.59. The molecule has 150 valence electrons. The lowest BCUT2D eigenvalue weighted by Gasteiger charge is -2.35. The van der Waals surface area contributed by atoms with Crippen molar-refractivity contribution >= 4 is 34.9 Å². The minimum atomic E-state index is -0.0984. The zero-order valence-electron chi connectivity index (χ0n) is 17.2. The van der Waals surface area contributed by atoms with Gasteiger partial charge in [-0.05, 0) is 78.4 Å². The van der Waals surface area contributed by atoms with E-state index in [0.29, 0.717) is 17.1 Å². The summed E-state index contributed by atoms with van der Waals surface area (Å²) < 4.78 is 0. The molecule has 2 fully saturated rings. The number of hydrogen-bond donors (Lipinski definition) is 2. The lowest BCUT2D eigenvalue weighted by atomic mass is 10.0. The Kier molecular flexibility index (Phi) is 6.40. The SMILES string of the molecule is C[C@@H]1CCCCN1c1cc(N2CCCCC2)nc(NC(=S)NC(C)(C)C)n1. The first-order valence-electron chi connectivity index (χ1n) is 10.3. The van der Waals surface area contributed by atoms with Crippen LogP contribution in [0.4, 0.5) is 17.6 Å². The van der Waals surface area contributed by atoms with Crippen molar-refractivity contribution in [2.24, 2.45) is 0 Å². The van der Waals surface area contributed by atoms with Gasteiger partial charge in [0.1, 0.15) is 11.6 Å². The molecule has 0 aromatic carbocycles. The molecule has 0 spiro atoms. The van der Waals surface area contributed by atoms with Gasteiger partial charge in [0.25, 0.3) is 0 Å². The second-order valence-corrected chi connectivity index (χ2v) is 9.23. The van der Waals surface area contributed by atoms with Gasteiger partial charge in [0.05, 0.1) is 0 Å². The molecule has 1 aromatic heterocycles. The Labute approximate surface area is 169 Å². The van der Waals surface area contributed by atoms with Gasteiger partial charge in [-0.2, -0.15) is 9.97 Å². The highest BCUT2D eigenvalue weighted by Gasteiger charge is 2.23. The van der Waals surface area contributed by atoms with Gasteiger partial charge in [0, 0.05) is 37.3 Å². The molecule has 1 atom stereocenters. The van der Waals surface area contributed by atoms with E-state index in [1.165, 1.54) is 38.5 Å². The summed E-state index contributed by atoms with van der Waals surface area (Å²) in [6.07, 6.45) is 7.50. The molecule has 0 amide bonds. The van der Waals surface area contributed by atoms with Gasteiger partial charge in [-0.3, -0.25) is 0 Å². The van der Waals surface area contributed by atoms with Crippen molar-refractivity contribution in [3.05, 3.63) is 6.07 Å². The second-order valence-electron chi connectivity index (χ2n) is 8.82. The van der Waals surface area contributed by atoms with Crippen molar-refractivity contribution in [2.75, 3.05) is 34.8 Å². The van der Waals surface area contributed by atoms with Crippen LogP contribution in [0, 0.1) is 0 Å². The van der Waals surface area contributed by atoms with Crippen LogP contribution in [-0.2, 0) is 0 Å². The first-order chi connectivity index (χ1) is 12.8. The van der Waals surface area contributed by atoms with Gasteiger partial charge >= 0.3 is 0 Å². The molecule has 0 radical (unpaired) electrons. The Morgan fingerprint density at radius 1 is 1.04 bits per heavy atom. The van der Waals surface area contributed by atoms with E-state index < -0.39 is 0 Å². The molecular formula is C20H34N6S. The summed E-state index contributed by atoms with van der Waals surface area (Å²) in [5.41, 5.74) is -0.0984. The smallest absolute Gasteiger partial charge is 0.232 e. The number of anilines is 3. The molecule has 6 nitrogen and oxygen atoms in total. The number of thiocarbonyl (C=S) groups is 1. The predicted molar refractivity (Wildman–Crippen MR) is 118 cm³/mol. The van der Waals surface area contributed by atoms with E-state index in [4.69, 9.17) is 22.2 Å². The fourth-order valence-corrected chi connectivity index (χ4v) is 4.22. The summed E-state index contributed by atoms with van der Waals surface area (Å²) >= 11 is 5.48.